The van der Waals surface area contributed by atoms with Gasteiger partial charge in [-0.15, -0.1) is 0 Å². The highest BCUT2D eigenvalue weighted by Crippen LogP contribution is 2.25. The molecule has 0 aliphatic heterocycles. The molecule has 0 spiro atoms. The van der Waals surface area contributed by atoms with Gasteiger partial charge in [0.15, 0.2) is 0 Å². The first kappa shape index (κ1) is 27.6. The summed E-state index contributed by atoms with van der Waals surface area (Å²) in [5.74, 6) is -4.29. The summed E-state index contributed by atoms with van der Waals surface area (Å²) in [6.07, 6.45) is 0. The number of ether oxygens (including phenoxy) is 1. The standard InChI is InChI=1S/C31H25NO8/c1-19-6-5-7-21(14-19)18-32(17-20-10-12-23(13-11-20)40-22-8-3-2-4-9-22)28(33)24-15-26(30(36)37)27(31(38)39)16-25(24)29(34)35/h2-16H,17-18H2,1H3,(H,34,35)(H,36,37)(H,38,39). The molecule has 9 heteroatoms. The van der Waals surface area contributed by atoms with Crippen molar-refractivity contribution >= 4 is 23.8 Å². The molecule has 0 heterocycles. The average Bonchev–Trinajstić information content (AvgIpc) is 2.93. The summed E-state index contributed by atoms with van der Waals surface area (Å²) in [5, 5.41) is 28.8. The van der Waals surface area contributed by atoms with E-state index in [-0.39, 0.29) is 13.1 Å². The van der Waals surface area contributed by atoms with Crippen molar-refractivity contribution in [2.24, 2.45) is 0 Å². The molecule has 1 amide bonds. The zero-order chi connectivity index (χ0) is 28.8. The fourth-order valence-corrected chi connectivity index (χ4v) is 4.22. The molecule has 4 aromatic rings. The largest absolute Gasteiger partial charge is 0.478 e. The summed E-state index contributed by atoms with van der Waals surface area (Å²) in [4.78, 5) is 50.6. The molecule has 40 heavy (non-hydrogen) atoms. The van der Waals surface area contributed by atoms with Crippen LogP contribution in [0.3, 0.4) is 0 Å². The molecule has 0 saturated heterocycles. The molecule has 3 N–H and O–H groups in total. The van der Waals surface area contributed by atoms with Crippen LogP contribution in [0.5, 0.6) is 11.5 Å². The second-order valence-corrected chi connectivity index (χ2v) is 9.07. The summed E-state index contributed by atoms with van der Waals surface area (Å²) in [5.41, 5.74) is 0.00517. The van der Waals surface area contributed by atoms with E-state index in [1.54, 1.807) is 24.3 Å². The highest BCUT2D eigenvalue weighted by Gasteiger charge is 2.28. The van der Waals surface area contributed by atoms with Crippen LogP contribution in [0.15, 0.2) is 91.0 Å². The molecule has 0 aliphatic carbocycles. The van der Waals surface area contributed by atoms with E-state index < -0.39 is 46.1 Å². The Bertz CT molecular complexity index is 1580. The Kier molecular flexibility index (Phi) is 8.24. The maximum atomic E-state index is 13.8. The van der Waals surface area contributed by atoms with Gasteiger partial charge in [-0.3, -0.25) is 4.79 Å². The number of aryl methyl sites for hydroxylation is 1. The highest BCUT2D eigenvalue weighted by atomic mass is 16.5. The third kappa shape index (κ3) is 6.51. The lowest BCUT2D eigenvalue weighted by Gasteiger charge is -2.25. The van der Waals surface area contributed by atoms with Crippen LogP contribution in [-0.4, -0.2) is 44.0 Å². The van der Waals surface area contributed by atoms with Gasteiger partial charge in [0.05, 0.1) is 22.3 Å². The van der Waals surface area contributed by atoms with Crippen LogP contribution in [0.4, 0.5) is 0 Å². The maximum absolute atomic E-state index is 13.8. The summed E-state index contributed by atoms with van der Waals surface area (Å²) >= 11 is 0. The number of benzene rings is 4. The van der Waals surface area contributed by atoms with Crippen LogP contribution >= 0.6 is 0 Å². The van der Waals surface area contributed by atoms with E-state index in [1.807, 2.05) is 61.5 Å². The van der Waals surface area contributed by atoms with Gasteiger partial charge < -0.3 is 25.0 Å². The number of hydrogen-bond donors (Lipinski definition) is 3. The molecular weight excluding hydrogens is 514 g/mol. The zero-order valence-corrected chi connectivity index (χ0v) is 21.4. The topological polar surface area (TPSA) is 141 Å². The zero-order valence-electron chi connectivity index (χ0n) is 21.4. The van der Waals surface area contributed by atoms with Gasteiger partial charge in [-0.1, -0.05) is 60.2 Å². The first-order chi connectivity index (χ1) is 19.1. The van der Waals surface area contributed by atoms with Gasteiger partial charge in [0, 0.05) is 13.1 Å². The molecule has 4 rings (SSSR count). The monoisotopic (exact) mass is 539 g/mol. The molecule has 202 valence electrons. The van der Waals surface area contributed by atoms with Crippen LogP contribution in [0, 0.1) is 6.92 Å². The van der Waals surface area contributed by atoms with Gasteiger partial charge in [-0.25, -0.2) is 14.4 Å². The number of nitrogens with zero attached hydrogens (tertiary/aromatic N) is 1. The summed E-state index contributed by atoms with van der Waals surface area (Å²) in [6, 6.07) is 25.2. The van der Waals surface area contributed by atoms with Crippen LogP contribution in [0.2, 0.25) is 0 Å². The van der Waals surface area contributed by atoms with Gasteiger partial charge in [-0.2, -0.15) is 0 Å². The van der Waals surface area contributed by atoms with Crippen molar-refractivity contribution in [2.75, 3.05) is 0 Å². The second kappa shape index (κ2) is 12.0. The minimum Gasteiger partial charge on any atom is -0.478 e. The number of aromatic carboxylic acids is 3. The molecule has 0 bridgehead atoms. The summed E-state index contributed by atoms with van der Waals surface area (Å²) in [7, 11) is 0. The number of para-hydroxylation sites is 1. The Morgan fingerprint density at radius 1 is 0.600 bits per heavy atom. The molecule has 0 unspecified atom stereocenters. The van der Waals surface area contributed by atoms with Gasteiger partial charge in [0.1, 0.15) is 11.5 Å². The molecule has 0 fully saturated rings. The molecule has 4 aromatic carbocycles. The summed E-state index contributed by atoms with van der Waals surface area (Å²) < 4.78 is 5.82. The minimum absolute atomic E-state index is 0.0561. The Labute approximate surface area is 229 Å². The van der Waals surface area contributed by atoms with E-state index in [0.717, 1.165) is 17.2 Å². The number of carboxylic acid groups (broad SMARTS) is 3. The van der Waals surface area contributed by atoms with Crippen LogP contribution in [-0.2, 0) is 13.1 Å². The fourth-order valence-electron chi connectivity index (χ4n) is 4.22. The van der Waals surface area contributed by atoms with E-state index in [4.69, 9.17) is 4.74 Å². The normalized spacial score (nSPS) is 10.5. The van der Waals surface area contributed by atoms with Crippen LogP contribution in [0.1, 0.15) is 58.1 Å². The van der Waals surface area contributed by atoms with Crippen molar-refractivity contribution in [3.63, 3.8) is 0 Å². The number of amides is 1. The van der Waals surface area contributed by atoms with Crippen molar-refractivity contribution < 1.29 is 39.2 Å². The first-order valence-corrected chi connectivity index (χ1v) is 12.2. The van der Waals surface area contributed by atoms with E-state index in [0.29, 0.717) is 23.1 Å². The smallest absolute Gasteiger partial charge is 0.336 e. The Hall–Kier alpha value is -5.44. The van der Waals surface area contributed by atoms with Crippen molar-refractivity contribution in [1.82, 2.24) is 4.90 Å². The van der Waals surface area contributed by atoms with Crippen molar-refractivity contribution in [1.29, 1.82) is 0 Å². The molecule has 0 saturated carbocycles. The molecular formula is C31H25NO8. The van der Waals surface area contributed by atoms with Crippen molar-refractivity contribution in [3.05, 3.63) is 130 Å². The fraction of sp³-hybridized carbons (Fsp3) is 0.0968. The molecule has 0 aromatic heterocycles. The third-order valence-corrected chi connectivity index (χ3v) is 6.10. The van der Waals surface area contributed by atoms with E-state index in [1.165, 1.54) is 4.90 Å². The Balaban J connectivity index is 1.71. The van der Waals surface area contributed by atoms with Gasteiger partial charge in [0.2, 0.25) is 0 Å². The summed E-state index contributed by atoms with van der Waals surface area (Å²) in [6.45, 7) is 2.04. The predicted octanol–water partition coefficient (Wildman–Crippen LogP) is 5.72. The molecule has 9 nitrogen and oxygen atoms in total. The van der Waals surface area contributed by atoms with Crippen molar-refractivity contribution in [3.8, 4) is 11.5 Å². The number of carbonyl (C=O) groups is 4. The van der Waals surface area contributed by atoms with E-state index in [2.05, 4.69) is 0 Å². The highest BCUT2D eigenvalue weighted by molar-refractivity contribution is 6.10. The lowest BCUT2D eigenvalue weighted by atomic mass is 9.96. The van der Waals surface area contributed by atoms with E-state index >= 15 is 0 Å². The number of carboxylic acids is 3. The number of hydrogen-bond acceptors (Lipinski definition) is 5. The van der Waals surface area contributed by atoms with Crippen LogP contribution in [0.25, 0.3) is 0 Å². The Morgan fingerprint density at radius 2 is 1.12 bits per heavy atom. The van der Waals surface area contributed by atoms with Crippen molar-refractivity contribution in [2.45, 2.75) is 20.0 Å². The van der Waals surface area contributed by atoms with Gasteiger partial charge in [-0.05, 0) is 54.4 Å². The van der Waals surface area contributed by atoms with Gasteiger partial charge >= 0.3 is 17.9 Å². The number of rotatable bonds is 10. The lowest BCUT2D eigenvalue weighted by molar-refractivity contribution is 0.0643. The van der Waals surface area contributed by atoms with Gasteiger partial charge in [0.25, 0.3) is 5.91 Å². The predicted molar refractivity (Wildman–Crippen MR) is 145 cm³/mol. The SMILES string of the molecule is Cc1cccc(CN(Cc2ccc(Oc3ccccc3)cc2)C(=O)c2cc(C(=O)O)c(C(=O)O)cc2C(=O)O)c1. The number of carbonyl (C=O) groups excluding carboxylic acids is 1. The molecule has 0 radical (unpaired) electrons. The minimum atomic E-state index is -1.62. The average molecular weight is 540 g/mol. The third-order valence-electron chi connectivity index (χ3n) is 6.10. The lowest BCUT2D eigenvalue weighted by Crippen LogP contribution is -2.32. The Morgan fingerprint density at radius 3 is 1.70 bits per heavy atom. The molecule has 0 atom stereocenters. The first-order valence-electron chi connectivity index (χ1n) is 12.2. The quantitative estimate of drug-likeness (QED) is 0.232. The maximum Gasteiger partial charge on any atom is 0.336 e. The second-order valence-electron chi connectivity index (χ2n) is 9.07. The molecule has 0 aliphatic rings. The van der Waals surface area contributed by atoms with Crippen LogP contribution < -0.4 is 4.74 Å². The van der Waals surface area contributed by atoms with E-state index in [9.17, 15) is 34.5 Å².